The van der Waals surface area contributed by atoms with Crippen molar-refractivity contribution in [2.45, 2.75) is 25.3 Å². The van der Waals surface area contributed by atoms with Gasteiger partial charge in [-0.3, -0.25) is 4.68 Å². The van der Waals surface area contributed by atoms with E-state index in [1.807, 2.05) is 36.1 Å². The first kappa shape index (κ1) is 10.3. The van der Waals surface area contributed by atoms with Crippen molar-refractivity contribution in [3.05, 3.63) is 36.5 Å². The highest BCUT2D eigenvalue weighted by Gasteiger charge is 2.45. The Morgan fingerprint density at radius 2 is 2.29 bits per heavy atom. The van der Waals surface area contributed by atoms with Crippen molar-refractivity contribution in [1.29, 1.82) is 0 Å². The second-order valence-electron chi connectivity index (χ2n) is 4.52. The summed E-state index contributed by atoms with van der Waals surface area (Å²) in [6, 6.07) is 3.86. The van der Waals surface area contributed by atoms with Crippen LogP contribution in [0.1, 0.15) is 18.7 Å². The maximum Gasteiger partial charge on any atom is 0.129 e. The fraction of sp³-hybridized carbons (Fsp3) is 0.417. The average molecular weight is 229 g/mol. The number of aromatic nitrogens is 4. The van der Waals surface area contributed by atoms with Crippen molar-refractivity contribution in [3.8, 4) is 0 Å². The van der Waals surface area contributed by atoms with Crippen molar-refractivity contribution in [1.82, 2.24) is 19.7 Å². The molecule has 1 aliphatic carbocycles. The fourth-order valence-corrected chi connectivity index (χ4v) is 1.99. The Bertz CT molecular complexity index is 501. The summed E-state index contributed by atoms with van der Waals surface area (Å²) < 4.78 is 2.05. The summed E-state index contributed by atoms with van der Waals surface area (Å²) in [7, 11) is 0. The van der Waals surface area contributed by atoms with Crippen molar-refractivity contribution in [3.63, 3.8) is 0 Å². The molecule has 0 atom stereocenters. The van der Waals surface area contributed by atoms with Crippen LogP contribution in [0.15, 0.2) is 30.7 Å². The third-order valence-corrected chi connectivity index (χ3v) is 3.19. The van der Waals surface area contributed by atoms with E-state index in [1.165, 1.54) is 12.8 Å². The third kappa shape index (κ3) is 2.00. The van der Waals surface area contributed by atoms with E-state index in [1.54, 1.807) is 6.20 Å². The minimum atomic E-state index is 0.155. The van der Waals surface area contributed by atoms with Gasteiger partial charge in [-0.1, -0.05) is 0 Å². The second kappa shape index (κ2) is 3.84. The number of anilines is 1. The first-order valence-electron chi connectivity index (χ1n) is 5.82. The quantitative estimate of drug-likeness (QED) is 0.864. The highest BCUT2D eigenvalue weighted by molar-refractivity contribution is 5.34. The summed E-state index contributed by atoms with van der Waals surface area (Å²) >= 11 is 0. The van der Waals surface area contributed by atoms with Gasteiger partial charge in [-0.25, -0.2) is 9.97 Å². The molecule has 2 heterocycles. The molecule has 1 aliphatic rings. The monoisotopic (exact) mass is 229 g/mol. The second-order valence-corrected chi connectivity index (χ2v) is 4.52. The predicted molar refractivity (Wildman–Crippen MR) is 64.7 cm³/mol. The molecule has 1 N–H and O–H groups in total. The molecule has 0 spiro atoms. The Labute approximate surface area is 99.9 Å². The van der Waals surface area contributed by atoms with Crippen molar-refractivity contribution in [2.75, 3.05) is 11.9 Å². The molecule has 0 unspecified atom stereocenters. The number of hydrogen-bond acceptors (Lipinski definition) is 4. The van der Waals surface area contributed by atoms with E-state index in [9.17, 15) is 0 Å². The first-order valence-corrected chi connectivity index (χ1v) is 5.82. The van der Waals surface area contributed by atoms with Gasteiger partial charge in [-0.2, -0.15) is 5.10 Å². The standard InChI is InChI=1S/C12H15N5/c1-10-13-7-3-11(16-10)14-9-12(4-5-12)17-8-2-6-15-17/h2-3,6-8H,4-5,9H2,1H3,(H,13,14,16). The van der Waals surface area contributed by atoms with Gasteiger partial charge in [0.2, 0.25) is 0 Å². The van der Waals surface area contributed by atoms with Crippen LogP contribution in [-0.4, -0.2) is 26.3 Å². The van der Waals surface area contributed by atoms with Crippen LogP contribution in [0.5, 0.6) is 0 Å². The molecule has 17 heavy (non-hydrogen) atoms. The van der Waals surface area contributed by atoms with Crippen molar-refractivity contribution in [2.24, 2.45) is 0 Å². The number of hydrogen-bond donors (Lipinski definition) is 1. The van der Waals surface area contributed by atoms with E-state index in [0.717, 1.165) is 18.2 Å². The molecule has 2 aromatic heterocycles. The van der Waals surface area contributed by atoms with E-state index in [4.69, 9.17) is 0 Å². The highest BCUT2D eigenvalue weighted by Crippen LogP contribution is 2.42. The van der Waals surface area contributed by atoms with Crippen molar-refractivity contribution >= 4 is 5.82 Å². The fourth-order valence-electron chi connectivity index (χ4n) is 1.99. The van der Waals surface area contributed by atoms with Gasteiger partial charge in [0.05, 0.1) is 5.54 Å². The summed E-state index contributed by atoms with van der Waals surface area (Å²) in [4.78, 5) is 8.41. The molecular weight excluding hydrogens is 214 g/mol. The Morgan fingerprint density at radius 1 is 1.41 bits per heavy atom. The van der Waals surface area contributed by atoms with Crippen LogP contribution in [-0.2, 0) is 5.54 Å². The number of nitrogens with one attached hydrogen (secondary N) is 1. The van der Waals surface area contributed by atoms with Crippen LogP contribution < -0.4 is 5.32 Å². The van der Waals surface area contributed by atoms with Gasteiger partial charge in [-0.15, -0.1) is 0 Å². The maximum atomic E-state index is 4.33. The zero-order valence-electron chi connectivity index (χ0n) is 9.80. The summed E-state index contributed by atoms with van der Waals surface area (Å²) in [5.74, 6) is 1.68. The van der Waals surface area contributed by atoms with E-state index in [0.29, 0.717) is 0 Å². The minimum Gasteiger partial charge on any atom is -0.368 e. The van der Waals surface area contributed by atoms with Crippen LogP contribution >= 0.6 is 0 Å². The smallest absolute Gasteiger partial charge is 0.129 e. The normalized spacial score (nSPS) is 16.8. The summed E-state index contributed by atoms with van der Waals surface area (Å²) in [5.41, 5.74) is 0.155. The lowest BCUT2D eigenvalue weighted by Crippen LogP contribution is -2.27. The molecule has 5 heteroatoms. The average Bonchev–Trinajstić information content (AvgIpc) is 2.91. The Balaban J connectivity index is 1.69. The maximum absolute atomic E-state index is 4.33. The third-order valence-electron chi connectivity index (χ3n) is 3.19. The minimum absolute atomic E-state index is 0.155. The molecule has 2 aromatic rings. The van der Waals surface area contributed by atoms with E-state index < -0.39 is 0 Å². The summed E-state index contributed by atoms with van der Waals surface area (Å²) in [6.45, 7) is 2.76. The number of nitrogens with zero attached hydrogens (tertiary/aromatic N) is 4. The van der Waals surface area contributed by atoms with Crippen LogP contribution in [0.4, 0.5) is 5.82 Å². The van der Waals surface area contributed by atoms with Crippen molar-refractivity contribution < 1.29 is 0 Å². The van der Waals surface area contributed by atoms with Gasteiger partial charge in [-0.05, 0) is 31.9 Å². The van der Waals surface area contributed by atoms with Gasteiger partial charge < -0.3 is 5.32 Å². The molecule has 0 bridgehead atoms. The van der Waals surface area contributed by atoms with Gasteiger partial charge in [0.25, 0.3) is 0 Å². The highest BCUT2D eigenvalue weighted by atomic mass is 15.3. The molecule has 0 amide bonds. The molecule has 0 aliphatic heterocycles. The largest absolute Gasteiger partial charge is 0.368 e. The Hall–Kier alpha value is -1.91. The molecule has 0 saturated heterocycles. The van der Waals surface area contributed by atoms with Gasteiger partial charge in [0.1, 0.15) is 11.6 Å². The van der Waals surface area contributed by atoms with E-state index in [-0.39, 0.29) is 5.54 Å². The van der Waals surface area contributed by atoms with Crippen LogP contribution in [0, 0.1) is 6.92 Å². The van der Waals surface area contributed by atoms with E-state index >= 15 is 0 Å². The molecule has 3 rings (SSSR count). The lowest BCUT2D eigenvalue weighted by atomic mass is 10.3. The predicted octanol–water partition coefficient (Wildman–Crippen LogP) is 1.58. The lowest BCUT2D eigenvalue weighted by Gasteiger charge is -2.17. The lowest BCUT2D eigenvalue weighted by molar-refractivity contribution is 0.452. The topological polar surface area (TPSA) is 55.6 Å². The zero-order chi connectivity index (χ0) is 11.7. The summed E-state index contributed by atoms with van der Waals surface area (Å²) in [5, 5.41) is 7.69. The Kier molecular flexibility index (Phi) is 2.31. The molecule has 0 aromatic carbocycles. The van der Waals surface area contributed by atoms with Crippen LogP contribution in [0.3, 0.4) is 0 Å². The number of rotatable bonds is 4. The molecule has 5 nitrogen and oxygen atoms in total. The Morgan fingerprint density at radius 3 is 2.94 bits per heavy atom. The molecule has 1 fully saturated rings. The molecule has 0 radical (unpaired) electrons. The van der Waals surface area contributed by atoms with E-state index in [2.05, 4.69) is 20.4 Å². The van der Waals surface area contributed by atoms with Gasteiger partial charge in [0, 0.05) is 25.1 Å². The number of aryl methyl sites for hydroxylation is 1. The molecule has 88 valence electrons. The summed E-state index contributed by atoms with van der Waals surface area (Å²) in [6.07, 6.45) is 7.98. The molecule has 1 saturated carbocycles. The van der Waals surface area contributed by atoms with Gasteiger partial charge >= 0.3 is 0 Å². The SMILES string of the molecule is Cc1nccc(NCC2(n3cccn3)CC2)n1. The van der Waals surface area contributed by atoms with Crippen LogP contribution in [0.2, 0.25) is 0 Å². The molecular formula is C12H15N5. The van der Waals surface area contributed by atoms with Crippen LogP contribution in [0.25, 0.3) is 0 Å². The first-order chi connectivity index (χ1) is 8.28. The zero-order valence-corrected chi connectivity index (χ0v) is 9.80. The van der Waals surface area contributed by atoms with Gasteiger partial charge in [0.15, 0.2) is 0 Å².